The number of carbonyl (C=O) groups excluding carboxylic acids is 1. The van der Waals surface area contributed by atoms with Crippen molar-refractivity contribution in [1.82, 2.24) is 9.13 Å². The van der Waals surface area contributed by atoms with Gasteiger partial charge in [-0.05, 0) is 134 Å². The number of hydrogen-bond acceptors (Lipinski definition) is 1. The van der Waals surface area contributed by atoms with Crippen LogP contribution in [0.4, 0.5) is 0 Å². The predicted molar refractivity (Wildman–Crippen MR) is 311 cm³/mol. The van der Waals surface area contributed by atoms with Gasteiger partial charge in [0.1, 0.15) is 0 Å². The molecule has 1 unspecified atom stereocenters. The number of aromatic nitrogens is 2. The predicted octanol–water partition coefficient (Wildman–Crippen LogP) is 18.5. The molecular formula is C72H56N2O. The molecule has 0 bridgehead atoms. The molecule has 0 saturated carbocycles. The molecule has 0 saturated heterocycles. The number of benzene rings is 10. The molecule has 1 atom stereocenters. The molecule has 360 valence electrons. The molecule has 3 heteroatoms. The molecule has 0 radical (unpaired) electrons. The van der Waals surface area contributed by atoms with E-state index >= 15 is 4.79 Å². The fourth-order valence-corrected chi connectivity index (χ4v) is 14.4. The Balaban J connectivity index is 0.940. The minimum absolute atomic E-state index is 0.0566. The average molecular weight is 965 g/mol. The topological polar surface area (TPSA) is 26.9 Å². The zero-order valence-corrected chi connectivity index (χ0v) is 42.5. The van der Waals surface area contributed by atoms with Gasteiger partial charge in [0.2, 0.25) is 0 Å². The second-order valence-electron chi connectivity index (χ2n) is 21.7. The molecule has 0 aliphatic heterocycles. The molecule has 2 aromatic heterocycles. The highest BCUT2D eigenvalue weighted by atomic mass is 16.1. The summed E-state index contributed by atoms with van der Waals surface area (Å²) in [6.07, 6.45) is 8.59. The molecule has 3 aliphatic carbocycles. The van der Waals surface area contributed by atoms with Crippen LogP contribution in [0.25, 0.3) is 88.4 Å². The van der Waals surface area contributed by atoms with E-state index in [4.69, 9.17) is 0 Å². The molecule has 12 aromatic rings. The molecule has 3 nitrogen and oxygen atoms in total. The van der Waals surface area contributed by atoms with E-state index in [0.717, 1.165) is 28.9 Å². The van der Waals surface area contributed by atoms with Crippen molar-refractivity contribution < 1.29 is 4.79 Å². The van der Waals surface area contributed by atoms with Crippen LogP contribution in [0.3, 0.4) is 0 Å². The Morgan fingerprint density at radius 1 is 0.360 bits per heavy atom. The summed E-state index contributed by atoms with van der Waals surface area (Å²) in [6.45, 7) is 4.70. The zero-order chi connectivity index (χ0) is 50.0. The lowest BCUT2D eigenvalue weighted by molar-refractivity contribution is 0.103. The number of hydrogen-bond donors (Lipinski definition) is 0. The smallest absolute Gasteiger partial charge is 0.193 e. The van der Waals surface area contributed by atoms with E-state index in [0.29, 0.717) is 5.56 Å². The highest BCUT2D eigenvalue weighted by molar-refractivity contribution is 6.12. The monoisotopic (exact) mass is 964 g/mol. The summed E-state index contributed by atoms with van der Waals surface area (Å²) in [7, 11) is 0. The Kier molecular flexibility index (Phi) is 9.82. The number of ketones is 1. The van der Waals surface area contributed by atoms with Crippen LogP contribution >= 0.6 is 0 Å². The molecule has 75 heavy (non-hydrogen) atoms. The largest absolute Gasteiger partial charge is 0.309 e. The minimum Gasteiger partial charge on any atom is -0.309 e. The third-order valence-electron chi connectivity index (χ3n) is 17.8. The normalized spacial score (nSPS) is 15.4. The Morgan fingerprint density at radius 2 is 0.733 bits per heavy atom. The van der Waals surface area contributed by atoms with E-state index < -0.39 is 5.41 Å². The molecule has 0 amide bonds. The first kappa shape index (κ1) is 44.0. The van der Waals surface area contributed by atoms with E-state index in [1.807, 2.05) is 0 Å². The van der Waals surface area contributed by atoms with Gasteiger partial charge in [0.05, 0.1) is 27.5 Å². The van der Waals surface area contributed by atoms with Crippen LogP contribution < -0.4 is 0 Å². The molecule has 0 N–H and O–H groups in total. The maximum absolute atomic E-state index is 15.6. The van der Waals surface area contributed by atoms with Gasteiger partial charge in [-0.1, -0.05) is 210 Å². The molecule has 0 fully saturated rings. The van der Waals surface area contributed by atoms with Crippen LogP contribution in [0.2, 0.25) is 0 Å². The maximum Gasteiger partial charge on any atom is 0.193 e. The lowest BCUT2D eigenvalue weighted by Gasteiger charge is -2.31. The number of nitrogens with zero attached hydrogens (tertiary/aromatic N) is 2. The van der Waals surface area contributed by atoms with Gasteiger partial charge in [0.25, 0.3) is 0 Å². The van der Waals surface area contributed by atoms with Crippen LogP contribution in [0.1, 0.15) is 108 Å². The van der Waals surface area contributed by atoms with Crippen LogP contribution in [0, 0.1) is 0 Å². The summed E-state index contributed by atoms with van der Waals surface area (Å²) in [5, 5.41) is 4.95. The van der Waals surface area contributed by atoms with Gasteiger partial charge in [0, 0.05) is 49.5 Å². The number of carbonyl (C=O) groups is 1. The van der Waals surface area contributed by atoms with Gasteiger partial charge in [0.15, 0.2) is 5.78 Å². The summed E-state index contributed by atoms with van der Waals surface area (Å²) in [4.78, 5) is 15.6. The highest BCUT2D eigenvalue weighted by Crippen LogP contribution is 2.64. The molecule has 1 spiro atoms. The Morgan fingerprint density at radius 3 is 1.25 bits per heavy atom. The fourth-order valence-electron chi connectivity index (χ4n) is 14.4. The van der Waals surface area contributed by atoms with Crippen LogP contribution in [-0.2, 0) is 10.8 Å². The maximum atomic E-state index is 15.6. The number of fused-ring (bicyclic) bond motifs is 19. The molecule has 10 aromatic carbocycles. The van der Waals surface area contributed by atoms with Crippen molar-refractivity contribution in [2.75, 3.05) is 0 Å². The second kappa shape index (κ2) is 16.7. The lowest BCUT2D eigenvalue weighted by atomic mass is 9.70. The van der Waals surface area contributed by atoms with Crippen molar-refractivity contribution in [3.8, 4) is 44.8 Å². The summed E-state index contributed by atoms with van der Waals surface area (Å²) in [6, 6.07) is 80.6. The minimum atomic E-state index is -0.744. The lowest BCUT2D eigenvalue weighted by Crippen LogP contribution is -2.26. The van der Waals surface area contributed by atoms with Crippen molar-refractivity contribution in [2.45, 2.75) is 69.6 Å². The number of unbranched alkanes of at least 4 members (excludes halogenated alkanes) is 5. The highest BCUT2D eigenvalue weighted by Gasteiger charge is 2.52. The van der Waals surface area contributed by atoms with Gasteiger partial charge < -0.3 is 9.13 Å². The summed E-state index contributed by atoms with van der Waals surface area (Å²) < 4.78 is 4.89. The van der Waals surface area contributed by atoms with Crippen molar-refractivity contribution >= 4 is 49.4 Å². The van der Waals surface area contributed by atoms with Crippen molar-refractivity contribution in [2.24, 2.45) is 0 Å². The third-order valence-corrected chi connectivity index (χ3v) is 17.8. The van der Waals surface area contributed by atoms with Gasteiger partial charge >= 0.3 is 0 Å². The Hall–Kier alpha value is -8.53. The Labute approximate surface area is 438 Å². The van der Waals surface area contributed by atoms with E-state index in [-0.39, 0.29) is 11.2 Å². The number of para-hydroxylation sites is 4. The first-order valence-electron chi connectivity index (χ1n) is 27.3. The molecule has 2 heterocycles. The number of rotatable bonds is 11. The third kappa shape index (κ3) is 6.19. The summed E-state index contributed by atoms with van der Waals surface area (Å²) >= 11 is 0. The quantitative estimate of drug-likeness (QED) is 0.0937. The fraction of sp³-hybridized carbons (Fsp3) is 0.153. The average Bonchev–Trinajstić information content (AvgIpc) is 4.40. The molecular weight excluding hydrogens is 909 g/mol. The van der Waals surface area contributed by atoms with Gasteiger partial charge in [-0.3, -0.25) is 4.79 Å². The van der Waals surface area contributed by atoms with Crippen molar-refractivity contribution in [3.05, 3.63) is 263 Å². The van der Waals surface area contributed by atoms with Gasteiger partial charge in [-0.2, -0.15) is 0 Å². The first-order chi connectivity index (χ1) is 37.0. The van der Waals surface area contributed by atoms with Gasteiger partial charge in [-0.15, -0.1) is 0 Å². The summed E-state index contributed by atoms with van der Waals surface area (Å²) in [5.41, 5.74) is 22.4. The van der Waals surface area contributed by atoms with Gasteiger partial charge in [-0.25, -0.2) is 0 Å². The van der Waals surface area contributed by atoms with Crippen molar-refractivity contribution in [3.63, 3.8) is 0 Å². The molecule has 3 aliphatic rings. The van der Waals surface area contributed by atoms with E-state index in [2.05, 4.69) is 241 Å². The Bertz CT molecular complexity index is 4080. The molecule has 15 rings (SSSR count). The van der Waals surface area contributed by atoms with E-state index in [1.54, 1.807) is 0 Å². The van der Waals surface area contributed by atoms with Crippen LogP contribution in [0.15, 0.2) is 218 Å². The van der Waals surface area contributed by atoms with Crippen molar-refractivity contribution in [1.29, 1.82) is 0 Å². The van der Waals surface area contributed by atoms with E-state index in [1.165, 1.54) is 143 Å². The van der Waals surface area contributed by atoms with Crippen LogP contribution in [0.5, 0.6) is 0 Å². The first-order valence-corrected chi connectivity index (χ1v) is 27.3. The standard InChI is InChI=1S/C72H56N2O/c1-3-4-5-6-7-20-41-71(2)60-27-14-8-21-50(60)52-37-33-46(42-62(52)71)70(75)47-34-38-53-51-22-9-15-28-61(51)72(63(53)43-47)64-44-48(73-66-29-16-10-23-56(66)57-24-11-17-30-67(57)73)35-39-54(64)55-40-36-49(45-65(55)72)74-68-31-18-12-25-58(68)59-26-13-19-32-69(59)74/h8-19,21-40,42-45H,3-7,20,41H2,1-2H3. The SMILES string of the molecule is CCCCCCCCC1(C)c2ccccc2-c2ccc(C(=O)c3ccc4c(c3)C3(c5ccccc5-4)c4cc(-n5c6ccccc6c6ccccc65)ccc4-c4ccc(-n5c6ccccc6c6ccccc65)cc43)cc21. The summed E-state index contributed by atoms with van der Waals surface area (Å²) in [5.74, 6) is 0.0566. The van der Waals surface area contributed by atoms with E-state index in [9.17, 15) is 0 Å². The second-order valence-corrected chi connectivity index (χ2v) is 21.7. The van der Waals surface area contributed by atoms with Crippen LogP contribution in [-0.4, -0.2) is 14.9 Å². The zero-order valence-electron chi connectivity index (χ0n) is 42.5.